The van der Waals surface area contributed by atoms with E-state index in [0.29, 0.717) is 22.8 Å². The van der Waals surface area contributed by atoms with Crippen molar-refractivity contribution < 1.29 is 17.9 Å². The van der Waals surface area contributed by atoms with Crippen molar-refractivity contribution in [2.75, 3.05) is 7.11 Å². The van der Waals surface area contributed by atoms with Gasteiger partial charge in [0.25, 0.3) is 5.56 Å². The van der Waals surface area contributed by atoms with Crippen LogP contribution >= 0.6 is 0 Å². The molecule has 188 valence electrons. The molecule has 0 N–H and O–H groups in total. The summed E-state index contributed by atoms with van der Waals surface area (Å²) in [7, 11) is 3.02. The van der Waals surface area contributed by atoms with E-state index in [-0.39, 0.29) is 16.8 Å². The molecule has 0 saturated heterocycles. The lowest BCUT2D eigenvalue weighted by atomic mass is 9.90. The molecule has 0 bridgehead atoms. The zero-order valence-corrected chi connectivity index (χ0v) is 20.1. The molecule has 0 amide bonds. The monoisotopic (exact) mass is 505 g/mol. The van der Waals surface area contributed by atoms with Crippen LogP contribution in [0.15, 0.2) is 74.8 Å². The zero-order chi connectivity index (χ0) is 26.3. The second-order valence-corrected chi connectivity index (χ2v) is 8.40. The molecule has 1 atom stereocenters. The highest BCUT2D eigenvalue weighted by atomic mass is 19.1. The van der Waals surface area contributed by atoms with Crippen LogP contribution in [0.25, 0.3) is 11.1 Å². The van der Waals surface area contributed by atoms with E-state index < -0.39 is 34.9 Å². The Balaban J connectivity index is 1.63. The highest BCUT2D eigenvalue weighted by molar-refractivity contribution is 5.77. The van der Waals surface area contributed by atoms with Crippen molar-refractivity contribution in [1.82, 2.24) is 24.3 Å². The number of benzene rings is 2. The maximum Gasteiger partial charge on any atom is 0.423 e. The van der Waals surface area contributed by atoms with E-state index in [1.807, 2.05) is 0 Å². The van der Waals surface area contributed by atoms with E-state index >= 15 is 0 Å². The Labute approximate surface area is 208 Å². The predicted octanol–water partition coefficient (Wildman–Crippen LogP) is 3.55. The number of hydrogen-bond acceptors (Lipinski definition) is 7. The van der Waals surface area contributed by atoms with Crippen LogP contribution in [0.2, 0.25) is 0 Å². The minimum Gasteiger partial charge on any atom is -0.493 e. The van der Waals surface area contributed by atoms with Crippen LogP contribution < -0.4 is 16.1 Å². The maximum absolute atomic E-state index is 13.6. The summed E-state index contributed by atoms with van der Waals surface area (Å²) >= 11 is 0. The van der Waals surface area contributed by atoms with Crippen molar-refractivity contribution >= 4 is 11.1 Å². The average Bonchev–Trinajstić information content (AvgIpc) is 3.27. The molecule has 0 spiro atoms. The number of pyridine rings is 1. The zero-order valence-electron chi connectivity index (χ0n) is 20.1. The topological polar surface area (TPSA) is 105 Å². The van der Waals surface area contributed by atoms with Gasteiger partial charge in [-0.25, -0.2) is 28.1 Å². The number of fused-ring (bicyclic) bond motifs is 1. The summed E-state index contributed by atoms with van der Waals surface area (Å²) in [5, 5.41) is 4.54. The van der Waals surface area contributed by atoms with Gasteiger partial charge in [-0.2, -0.15) is 5.10 Å². The van der Waals surface area contributed by atoms with E-state index in [0.717, 1.165) is 4.57 Å². The third kappa shape index (κ3) is 4.28. The molecule has 37 heavy (non-hydrogen) atoms. The fourth-order valence-corrected chi connectivity index (χ4v) is 4.33. The van der Waals surface area contributed by atoms with Crippen molar-refractivity contribution in [2.24, 2.45) is 7.05 Å². The van der Waals surface area contributed by atoms with Gasteiger partial charge >= 0.3 is 5.76 Å². The van der Waals surface area contributed by atoms with Crippen LogP contribution in [0.4, 0.5) is 8.78 Å². The van der Waals surface area contributed by atoms with Crippen LogP contribution in [0, 0.1) is 11.6 Å². The van der Waals surface area contributed by atoms with Crippen molar-refractivity contribution in [3.63, 3.8) is 0 Å². The van der Waals surface area contributed by atoms with Crippen molar-refractivity contribution in [3.05, 3.63) is 116 Å². The molecule has 2 aromatic carbocycles. The molecular weight excluding hydrogens is 484 g/mol. The Morgan fingerprint density at radius 2 is 1.54 bits per heavy atom. The van der Waals surface area contributed by atoms with Crippen LogP contribution in [0.5, 0.6) is 5.75 Å². The smallest absolute Gasteiger partial charge is 0.423 e. The van der Waals surface area contributed by atoms with Gasteiger partial charge in [0.15, 0.2) is 17.1 Å². The lowest BCUT2D eigenvalue weighted by Gasteiger charge is -2.15. The second-order valence-electron chi connectivity index (χ2n) is 8.40. The quantitative estimate of drug-likeness (QED) is 0.348. The molecule has 0 radical (unpaired) electrons. The first-order chi connectivity index (χ1) is 17.8. The summed E-state index contributed by atoms with van der Waals surface area (Å²) in [6, 6.07) is 12.3. The van der Waals surface area contributed by atoms with E-state index in [1.165, 1.54) is 48.3 Å². The van der Waals surface area contributed by atoms with Gasteiger partial charge in [-0.3, -0.25) is 9.48 Å². The molecule has 0 aliphatic rings. The second kappa shape index (κ2) is 9.41. The first kappa shape index (κ1) is 24.0. The minimum atomic E-state index is -0.908. The molecule has 3 heterocycles. The molecule has 0 saturated carbocycles. The lowest BCUT2D eigenvalue weighted by molar-refractivity contribution is 0.386. The molecule has 0 aliphatic heterocycles. The van der Waals surface area contributed by atoms with Gasteiger partial charge < -0.3 is 9.15 Å². The van der Waals surface area contributed by atoms with E-state index in [2.05, 4.69) is 15.1 Å². The lowest BCUT2D eigenvalue weighted by Crippen LogP contribution is -2.36. The molecular formula is C26H21F2N5O4. The summed E-state index contributed by atoms with van der Waals surface area (Å²) in [6.07, 6.45) is 1.38. The molecule has 5 aromatic rings. The Kier molecular flexibility index (Phi) is 6.12. The van der Waals surface area contributed by atoms with Crippen LogP contribution in [0.1, 0.15) is 41.7 Å². The Hall–Kier alpha value is -4.67. The van der Waals surface area contributed by atoms with Gasteiger partial charge in [0, 0.05) is 19.3 Å². The number of ether oxygens (including phenoxy) is 1. The van der Waals surface area contributed by atoms with Crippen LogP contribution in [-0.4, -0.2) is 31.4 Å². The predicted molar refractivity (Wildman–Crippen MR) is 130 cm³/mol. The summed E-state index contributed by atoms with van der Waals surface area (Å²) in [5.41, 5.74) is 0.572. The van der Waals surface area contributed by atoms with Gasteiger partial charge in [0.2, 0.25) is 5.58 Å². The first-order valence-electron chi connectivity index (χ1n) is 11.3. The third-order valence-electron chi connectivity index (χ3n) is 6.13. The fourth-order valence-electron chi connectivity index (χ4n) is 4.33. The number of aromatic nitrogens is 5. The number of hydrogen-bond donors (Lipinski definition) is 0. The number of nitrogens with zero attached hydrogens (tertiary/aromatic N) is 5. The normalized spacial score (nSPS) is 12.3. The van der Waals surface area contributed by atoms with Gasteiger partial charge in [0.05, 0.1) is 13.0 Å². The molecule has 11 heteroatoms. The van der Waals surface area contributed by atoms with Gasteiger partial charge in [-0.1, -0.05) is 24.3 Å². The highest BCUT2D eigenvalue weighted by Crippen LogP contribution is 2.31. The molecule has 9 nitrogen and oxygen atoms in total. The van der Waals surface area contributed by atoms with Gasteiger partial charge in [-0.15, -0.1) is 0 Å². The number of aryl methyl sites for hydroxylation is 1. The summed E-state index contributed by atoms with van der Waals surface area (Å²) < 4.78 is 40.2. The van der Waals surface area contributed by atoms with E-state index in [1.54, 1.807) is 38.2 Å². The van der Waals surface area contributed by atoms with E-state index in [4.69, 9.17) is 9.15 Å². The largest absolute Gasteiger partial charge is 0.493 e. The van der Waals surface area contributed by atoms with Crippen molar-refractivity contribution in [3.8, 4) is 5.75 Å². The summed E-state index contributed by atoms with van der Waals surface area (Å²) in [4.78, 5) is 34.9. The highest BCUT2D eigenvalue weighted by Gasteiger charge is 2.27. The Bertz CT molecular complexity index is 1660. The van der Waals surface area contributed by atoms with Crippen LogP contribution in [0.3, 0.4) is 0 Å². The number of rotatable bonds is 6. The third-order valence-corrected chi connectivity index (χ3v) is 6.13. The molecule has 0 fully saturated rings. The standard InChI is InChI=1S/C26H21F2N5O4/c1-14(33-25(34)21-22(37-26(33)35)19(36-3)12-13-29-21)24-30-23(31-32(24)2)20(15-4-8-17(27)9-5-15)16-6-10-18(28)11-7-16/h4-14,20H,1-3H3/t14-/m0/s1. The molecule has 5 rings (SSSR count). The molecule has 0 unspecified atom stereocenters. The molecule has 3 aromatic heterocycles. The first-order valence-corrected chi connectivity index (χ1v) is 11.3. The Morgan fingerprint density at radius 1 is 0.946 bits per heavy atom. The van der Waals surface area contributed by atoms with E-state index in [9.17, 15) is 18.4 Å². The average molecular weight is 505 g/mol. The van der Waals surface area contributed by atoms with Gasteiger partial charge in [0.1, 0.15) is 23.5 Å². The number of halogens is 2. The minimum absolute atomic E-state index is 0.0465. The SMILES string of the molecule is COc1ccnc2c(=O)n([C@@H](C)c3nc(C(c4ccc(F)cc4)c4ccc(F)cc4)nn3C)c(=O)oc12. The fraction of sp³-hybridized carbons (Fsp3) is 0.192. The summed E-state index contributed by atoms with van der Waals surface area (Å²) in [6.45, 7) is 1.61. The van der Waals surface area contributed by atoms with Crippen molar-refractivity contribution in [2.45, 2.75) is 18.9 Å². The Morgan fingerprint density at radius 3 is 2.11 bits per heavy atom. The van der Waals surface area contributed by atoms with Gasteiger partial charge in [-0.05, 0) is 42.3 Å². The molecule has 0 aliphatic carbocycles. The van der Waals surface area contributed by atoms with Crippen LogP contribution in [-0.2, 0) is 7.05 Å². The summed E-state index contributed by atoms with van der Waals surface area (Å²) in [5.74, 6) is -1.46. The maximum atomic E-state index is 13.6. The number of methoxy groups -OCH3 is 1. The van der Waals surface area contributed by atoms with Crippen molar-refractivity contribution in [1.29, 1.82) is 0 Å².